The largest absolute Gasteiger partial charge is 0.312 e. The summed E-state index contributed by atoms with van der Waals surface area (Å²) in [7, 11) is -3.51. The van der Waals surface area contributed by atoms with Gasteiger partial charge in [0.1, 0.15) is 0 Å². The third kappa shape index (κ3) is 4.31. The lowest BCUT2D eigenvalue weighted by molar-refractivity contribution is -0.123. The van der Waals surface area contributed by atoms with Gasteiger partial charge in [-0.3, -0.25) is 4.79 Å². The van der Waals surface area contributed by atoms with E-state index in [1.54, 1.807) is 18.2 Å². The molecule has 0 aliphatic carbocycles. The summed E-state index contributed by atoms with van der Waals surface area (Å²) in [6, 6.07) is 12.8. The van der Waals surface area contributed by atoms with E-state index in [1.807, 2.05) is 23.1 Å². The van der Waals surface area contributed by atoms with Crippen LogP contribution in [0.4, 0.5) is 5.69 Å². The maximum Gasteiger partial charge on any atom is 0.230 e. The van der Waals surface area contributed by atoms with Crippen molar-refractivity contribution in [3.05, 3.63) is 63.6 Å². The second-order valence-electron chi connectivity index (χ2n) is 7.53. The van der Waals surface area contributed by atoms with E-state index in [9.17, 15) is 13.2 Å². The molecule has 8 heteroatoms. The Morgan fingerprint density at radius 2 is 1.76 bits per heavy atom. The predicted molar refractivity (Wildman–Crippen MR) is 116 cm³/mol. The molecule has 0 spiro atoms. The molecule has 2 aromatic carbocycles. The minimum Gasteiger partial charge on any atom is -0.312 e. The molecule has 2 aliphatic heterocycles. The van der Waals surface area contributed by atoms with Crippen LogP contribution in [0.15, 0.2) is 42.5 Å². The Morgan fingerprint density at radius 1 is 1.03 bits per heavy atom. The molecule has 1 amide bonds. The van der Waals surface area contributed by atoms with Crippen LogP contribution < -0.4 is 4.90 Å². The molecule has 0 radical (unpaired) electrons. The molecule has 2 aliphatic rings. The van der Waals surface area contributed by atoms with Gasteiger partial charge in [0.2, 0.25) is 15.9 Å². The topological polar surface area (TPSA) is 57.7 Å². The van der Waals surface area contributed by atoms with Crippen LogP contribution >= 0.6 is 23.2 Å². The lowest BCUT2D eigenvalue weighted by Crippen LogP contribution is -2.44. The summed E-state index contributed by atoms with van der Waals surface area (Å²) >= 11 is 12.0. The number of hydrogen-bond acceptors (Lipinski definition) is 3. The van der Waals surface area contributed by atoms with Crippen LogP contribution in [-0.4, -0.2) is 38.3 Å². The number of amides is 1. The molecule has 0 bridgehead atoms. The van der Waals surface area contributed by atoms with Crippen molar-refractivity contribution < 1.29 is 13.2 Å². The van der Waals surface area contributed by atoms with Gasteiger partial charge in [0.05, 0.1) is 5.75 Å². The minimum absolute atomic E-state index is 0.104. The van der Waals surface area contributed by atoms with E-state index in [0.29, 0.717) is 48.1 Å². The first-order valence-corrected chi connectivity index (χ1v) is 12.0. The Morgan fingerprint density at radius 3 is 2.48 bits per heavy atom. The maximum atomic E-state index is 13.0. The summed E-state index contributed by atoms with van der Waals surface area (Å²) in [4.78, 5) is 14.9. The monoisotopic (exact) mass is 452 g/mol. The molecule has 0 atom stereocenters. The third-order valence-corrected chi connectivity index (χ3v) is 8.12. The zero-order chi connectivity index (χ0) is 20.6. The average molecular weight is 453 g/mol. The second-order valence-corrected chi connectivity index (χ2v) is 10.3. The molecule has 1 fully saturated rings. The lowest BCUT2D eigenvalue weighted by Gasteiger charge is -2.32. The SMILES string of the molecule is O=C(C1CCN(S(=O)(=O)Cc2ccc(Cl)cc2Cl)CC1)N1CCc2ccccc21. The molecule has 0 unspecified atom stereocenters. The van der Waals surface area contributed by atoms with Crippen molar-refractivity contribution in [3.8, 4) is 0 Å². The van der Waals surface area contributed by atoms with Crippen molar-refractivity contribution in [1.82, 2.24) is 4.31 Å². The molecular weight excluding hydrogens is 431 g/mol. The van der Waals surface area contributed by atoms with Gasteiger partial charge in [0.15, 0.2) is 0 Å². The molecule has 0 N–H and O–H groups in total. The Hall–Kier alpha value is -1.60. The van der Waals surface area contributed by atoms with Crippen molar-refractivity contribution in [2.45, 2.75) is 25.0 Å². The van der Waals surface area contributed by atoms with Crippen LogP contribution in [0.2, 0.25) is 10.0 Å². The van der Waals surface area contributed by atoms with Gasteiger partial charge in [-0.2, -0.15) is 0 Å². The molecule has 1 saturated heterocycles. The minimum atomic E-state index is -3.51. The van der Waals surface area contributed by atoms with Crippen molar-refractivity contribution in [2.75, 3.05) is 24.5 Å². The molecule has 0 aromatic heterocycles. The first-order valence-electron chi connectivity index (χ1n) is 9.66. The van der Waals surface area contributed by atoms with Crippen LogP contribution in [0.1, 0.15) is 24.0 Å². The number of halogens is 2. The fourth-order valence-electron chi connectivity index (χ4n) is 4.10. The fourth-order valence-corrected chi connectivity index (χ4v) is 6.24. The summed E-state index contributed by atoms with van der Waals surface area (Å²) in [5, 5.41) is 0.817. The summed E-state index contributed by atoms with van der Waals surface area (Å²) < 4.78 is 27.1. The van der Waals surface area contributed by atoms with Gasteiger partial charge < -0.3 is 4.90 Å². The Bertz CT molecular complexity index is 1030. The first-order chi connectivity index (χ1) is 13.8. The zero-order valence-electron chi connectivity index (χ0n) is 15.9. The summed E-state index contributed by atoms with van der Waals surface area (Å²) in [5.41, 5.74) is 2.72. The Kier molecular flexibility index (Phi) is 5.89. The lowest BCUT2D eigenvalue weighted by atomic mass is 9.96. The van der Waals surface area contributed by atoms with Gasteiger partial charge in [0.25, 0.3) is 0 Å². The highest BCUT2D eigenvalue weighted by atomic mass is 35.5. The molecule has 2 heterocycles. The molecule has 4 rings (SSSR count). The molecule has 5 nitrogen and oxygen atoms in total. The normalized spacial score (nSPS) is 18.1. The Labute approximate surface area is 181 Å². The van der Waals surface area contributed by atoms with Crippen LogP contribution in [-0.2, 0) is 27.0 Å². The van der Waals surface area contributed by atoms with Crippen LogP contribution in [0.3, 0.4) is 0 Å². The summed E-state index contributed by atoms with van der Waals surface area (Å²) in [6.07, 6.45) is 1.94. The van der Waals surface area contributed by atoms with Crippen molar-refractivity contribution in [3.63, 3.8) is 0 Å². The number of para-hydroxylation sites is 1. The number of carbonyl (C=O) groups is 1. The van der Waals surface area contributed by atoms with Crippen molar-refractivity contribution in [2.24, 2.45) is 5.92 Å². The molecular formula is C21H22Cl2N2O3S. The standard InChI is InChI=1S/C21H22Cl2N2O3S/c22-18-6-5-17(19(23)13-18)14-29(27,28)24-10-7-16(8-11-24)21(26)25-12-9-15-3-1-2-4-20(15)25/h1-6,13,16H,7-12,14H2. The molecule has 2 aromatic rings. The molecule has 154 valence electrons. The van der Waals surface area contributed by atoms with E-state index in [4.69, 9.17) is 23.2 Å². The van der Waals surface area contributed by atoms with Crippen molar-refractivity contribution >= 4 is 44.8 Å². The van der Waals surface area contributed by atoms with E-state index >= 15 is 0 Å². The fraction of sp³-hybridized carbons (Fsp3) is 0.381. The quantitative estimate of drug-likeness (QED) is 0.700. The number of rotatable bonds is 4. The summed E-state index contributed by atoms with van der Waals surface area (Å²) in [5.74, 6) is -0.208. The number of benzene rings is 2. The average Bonchev–Trinajstić information content (AvgIpc) is 3.14. The van der Waals surface area contributed by atoms with Crippen LogP contribution in [0.5, 0.6) is 0 Å². The predicted octanol–water partition coefficient (Wildman–Crippen LogP) is 4.12. The maximum absolute atomic E-state index is 13.0. The number of piperidine rings is 1. The smallest absolute Gasteiger partial charge is 0.230 e. The van der Waals surface area contributed by atoms with Gasteiger partial charge in [-0.1, -0.05) is 47.5 Å². The van der Waals surface area contributed by atoms with Gasteiger partial charge in [-0.15, -0.1) is 0 Å². The van der Waals surface area contributed by atoms with Crippen LogP contribution in [0.25, 0.3) is 0 Å². The van der Waals surface area contributed by atoms with Crippen LogP contribution in [0, 0.1) is 5.92 Å². The molecule has 29 heavy (non-hydrogen) atoms. The van der Waals surface area contributed by atoms with Gasteiger partial charge in [-0.25, -0.2) is 12.7 Å². The van der Waals surface area contributed by atoms with Gasteiger partial charge >= 0.3 is 0 Å². The highest BCUT2D eigenvalue weighted by Gasteiger charge is 2.35. The second kappa shape index (κ2) is 8.26. The Balaban J connectivity index is 1.39. The first kappa shape index (κ1) is 20.7. The summed E-state index contributed by atoms with van der Waals surface area (Å²) in [6.45, 7) is 1.39. The van der Waals surface area contributed by atoms with E-state index in [1.165, 1.54) is 9.87 Å². The molecule has 0 saturated carbocycles. The van der Waals surface area contributed by atoms with Gasteiger partial charge in [0, 0.05) is 41.3 Å². The number of carbonyl (C=O) groups excluding carboxylic acids is 1. The number of sulfonamides is 1. The highest BCUT2D eigenvalue weighted by molar-refractivity contribution is 7.88. The highest BCUT2D eigenvalue weighted by Crippen LogP contribution is 2.32. The number of anilines is 1. The zero-order valence-corrected chi connectivity index (χ0v) is 18.2. The van der Waals surface area contributed by atoms with E-state index in [-0.39, 0.29) is 17.6 Å². The van der Waals surface area contributed by atoms with E-state index < -0.39 is 10.0 Å². The van der Waals surface area contributed by atoms with E-state index in [0.717, 1.165) is 12.1 Å². The third-order valence-electron chi connectivity index (χ3n) is 5.70. The van der Waals surface area contributed by atoms with Crippen molar-refractivity contribution in [1.29, 1.82) is 0 Å². The number of hydrogen-bond donors (Lipinski definition) is 0. The van der Waals surface area contributed by atoms with E-state index in [2.05, 4.69) is 6.07 Å². The number of fused-ring (bicyclic) bond motifs is 1. The van der Waals surface area contributed by atoms with Gasteiger partial charge in [-0.05, 0) is 48.6 Å². The number of nitrogens with zero attached hydrogens (tertiary/aromatic N) is 2.